The molecule has 5 aromatic heterocycles. The molecule has 7 heterocycles. The summed E-state index contributed by atoms with van der Waals surface area (Å²) >= 11 is 0. The molecule has 2 aliphatic heterocycles. The molecule has 0 saturated carbocycles. The van der Waals surface area contributed by atoms with Crippen molar-refractivity contribution in [1.29, 1.82) is 0 Å². The molecule has 9 N–H and O–H groups in total. The third kappa shape index (κ3) is 8.43. The van der Waals surface area contributed by atoms with Gasteiger partial charge in [0.1, 0.15) is 16.9 Å². The van der Waals surface area contributed by atoms with Crippen molar-refractivity contribution < 1.29 is 23.9 Å². The van der Waals surface area contributed by atoms with Gasteiger partial charge < -0.3 is 31.8 Å². The number of primary amides is 2. The highest BCUT2D eigenvalue weighted by Crippen LogP contribution is 2.32. The maximum Gasteiger partial charge on any atom is 0.278 e. The Kier molecular flexibility index (Phi) is 12.0. The summed E-state index contributed by atoms with van der Waals surface area (Å²) in [6, 6.07) is 7.36. The summed E-state index contributed by atoms with van der Waals surface area (Å²) in [4.78, 5) is 68.7. The van der Waals surface area contributed by atoms with Crippen LogP contribution in [0.25, 0.3) is 22.2 Å². The zero-order valence-corrected chi connectivity index (χ0v) is 35.7. The van der Waals surface area contributed by atoms with Gasteiger partial charge in [-0.1, -0.05) is 12.2 Å². The summed E-state index contributed by atoms with van der Waals surface area (Å²) in [5, 5.41) is 18.2. The number of aromatic nitrogens is 9. The number of rotatable bonds is 16. The van der Waals surface area contributed by atoms with Crippen LogP contribution in [0.4, 0.5) is 23.3 Å². The number of imidazole rings is 2. The number of nitrogens with one attached hydrogen (secondary N) is 3. The zero-order valence-electron chi connectivity index (χ0n) is 35.7. The van der Waals surface area contributed by atoms with Crippen LogP contribution in [0.15, 0.2) is 42.6 Å². The maximum absolute atomic E-state index is 13.9. The van der Waals surface area contributed by atoms with Gasteiger partial charge in [0, 0.05) is 69.7 Å². The second-order valence-corrected chi connectivity index (χ2v) is 15.7. The van der Waals surface area contributed by atoms with E-state index in [0.717, 1.165) is 32.4 Å². The highest BCUT2D eigenvalue weighted by Gasteiger charge is 2.35. The van der Waals surface area contributed by atoms with E-state index >= 15 is 0 Å². The van der Waals surface area contributed by atoms with Gasteiger partial charge in [-0.15, -0.1) is 0 Å². The number of benzene rings is 1. The Balaban J connectivity index is 1.14. The van der Waals surface area contributed by atoms with Gasteiger partial charge in [-0.3, -0.25) is 48.6 Å². The molecule has 2 aliphatic rings. The summed E-state index contributed by atoms with van der Waals surface area (Å²) in [5.74, 6) is -1.85. The number of fused-ring (bicyclic) bond motifs is 4. The number of ether oxygens (including phenoxy) is 1. The number of carbonyl (C=O) groups excluding carboxylic acids is 4. The number of allylic oxidation sites excluding steroid dienone is 2. The van der Waals surface area contributed by atoms with Crippen molar-refractivity contribution in [2.45, 2.75) is 85.2 Å². The fraction of sp³-hybridized carbons (Fsp3) is 0.405. The average Bonchev–Trinajstić information content (AvgIpc) is 4.03. The molecular weight excluding hydrogens is 809 g/mol. The second-order valence-electron chi connectivity index (χ2n) is 15.7. The van der Waals surface area contributed by atoms with Gasteiger partial charge in [0.25, 0.3) is 11.8 Å². The number of aryl methyl sites for hydroxylation is 4. The number of amides is 4. The summed E-state index contributed by atoms with van der Waals surface area (Å²) < 4.78 is 12.5. The first-order valence-corrected chi connectivity index (χ1v) is 21.1. The smallest absolute Gasteiger partial charge is 0.278 e. The SMILES string of the molecule is CCn1nc(C)cc1C(=O)Nc1nc2cc(C(N)=O)cc(NCCN3C4CCOC[C@@H]3CC4)c2n1C/C=C/Cn1c(NC(=O)c2c(N)c(C)nn2CC)nc2cc(C(N)=O)cnc21. The molecule has 4 amide bonds. The van der Waals surface area contributed by atoms with Gasteiger partial charge in [0.2, 0.25) is 23.7 Å². The molecule has 0 spiro atoms. The van der Waals surface area contributed by atoms with Crippen molar-refractivity contribution in [2.75, 3.05) is 48.0 Å². The van der Waals surface area contributed by atoms with Crippen LogP contribution in [0.2, 0.25) is 0 Å². The summed E-state index contributed by atoms with van der Waals surface area (Å²) in [7, 11) is 0. The standard InChI is InChI=1S/C42H52N16O5/c1-5-57-32(17-23(3)52-57)39(61)50-41-48-30-19-25(36(44)59)18-29(46-12-15-54-27-9-10-28(54)22-63-16-11-27)34(30)55(41)13-7-8-14-56-38-31(20-26(21-47-38)37(45)60)49-42(56)51-40(62)35-33(43)24(4)53-58(35)6-2/h7-8,17-21,27-28,46H,5-6,9-16,22,43H2,1-4H3,(H2,44,59)(H2,45,60)(H,48,50,61)(H,49,51,62)/b8-7+/t27?,28-/m0/s1. The molecule has 21 heteroatoms. The molecule has 6 aromatic rings. The fourth-order valence-corrected chi connectivity index (χ4v) is 8.58. The molecular formula is C42H52N16O5. The Hall–Kier alpha value is -7.13. The van der Waals surface area contributed by atoms with Crippen LogP contribution < -0.4 is 33.2 Å². The molecule has 2 atom stereocenters. The van der Waals surface area contributed by atoms with Gasteiger partial charge in [0.15, 0.2) is 5.65 Å². The highest BCUT2D eigenvalue weighted by molar-refractivity contribution is 6.07. The summed E-state index contributed by atoms with van der Waals surface area (Å²) in [5.41, 5.74) is 22.5. The van der Waals surface area contributed by atoms with Gasteiger partial charge in [-0.25, -0.2) is 15.0 Å². The van der Waals surface area contributed by atoms with Crippen LogP contribution in [-0.4, -0.2) is 111 Å². The van der Waals surface area contributed by atoms with Crippen LogP contribution in [0.5, 0.6) is 0 Å². The van der Waals surface area contributed by atoms with E-state index < -0.39 is 23.6 Å². The van der Waals surface area contributed by atoms with E-state index in [9.17, 15) is 19.2 Å². The predicted octanol–water partition coefficient (Wildman–Crippen LogP) is 3.04. The monoisotopic (exact) mass is 860 g/mol. The maximum atomic E-state index is 13.9. The van der Waals surface area contributed by atoms with Crippen LogP contribution >= 0.6 is 0 Å². The lowest BCUT2D eigenvalue weighted by atomic mass is 10.1. The highest BCUT2D eigenvalue weighted by atomic mass is 16.5. The number of carbonyl (C=O) groups is 4. The first-order valence-electron chi connectivity index (χ1n) is 21.1. The number of nitrogens with zero attached hydrogens (tertiary/aromatic N) is 10. The summed E-state index contributed by atoms with van der Waals surface area (Å²) in [6.45, 7) is 11.4. The van der Waals surface area contributed by atoms with Crippen molar-refractivity contribution in [3.05, 3.63) is 76.5 Å². The fourth-order valence-electron chi connectivity index (χ4n) is 8.58. The predicted molar refractivity (Wildman–Crippen MR) is 236 cm³/mol. The van der Waals surface area contributed by atoms with Crippen LogP contribution in [0, 0.1) is 13.8 Å². The zero-order chi connectivity index (χ0) is 44.5. The third-order valence-electron chi connectivity index (χ3n) is 11.7. The molecule has 330 valence electrons. The first kappa shape index (κ1) is 42.6. The molecule has 1 unspecified atom stereocenters. The number of hydrogen-bond acceptors (Lipinski definition) is 13. The normalized spacial score (nSPS) is 16.6. The molecule has 0 aliphatic carbocycles. The van der Waals surface area contributed by atoms with Gasteiger partial charge >= 0.3 is 0 Å². The first-order chi connectivity index (χ1) is 30.3. The van der Waals surface area contributed by atoms with Gasteiger partial charge in [0.05, 0.1) is 46.0 Å². The lowest BCUT2D eigenvalue weighted by Crippen LogP contribution is -2.39. The van der Waals surface area contributed by atoms with E-state index in [0.29, 0.717) is 83.3 Å². The van der Waals surface area contributed by atoms with Crippen molar-refractivity contribution in [2.24, 2.45) is 11.5 Å². The quantitative estimate of drug-likeness (QED) is 0.0765. The summed E-state index contributed by atoms with van der Waals surface area (Å²) in [6.07, 6.45) is 8.30. The molecule has 2 fully saturated rings. The molecule has 1 aromatic carbocycles. The van der Waals surface area contributed by atoms with E-state index in [1.54, 1.807) is 34.4 Å². The number of hydrogen-bond donors (Lipinski definition) is 6. The molecule has 63 heavy (non-hydrogen) atoms. The van der Waals surface area contributed by atoms with Crippen molar-refractivity contribution >= 4 is 69.1 Å². The van der Waals surface area contributed by atoms with Crippen LogP contribution in [0.1, 0.15) is 86.2 Å². The Labute approximate surface area is 362 Å². The number of nitrogen functional groups attached to an aromatic ring is 1. The van der Waals surface area contributed by atoms with Crippen LogP contribution in [0.3, 0.4) is 0 Å². The topological polar surface area (TPSA) is 279 Å². The van der Waals surface area contributed by atoms with E-state index in [1.807, 2.05) is 37.5 Å². The van der Waals surface area contributed by atoms with Crippen molar-refractivity contribution in [3.8, 4) is 0 Å². The minimum Gasteiger partial charge on any atom is -0.395 e. The third-order valence-corrected chi connectivity index (χ3v) is 11.7. The van der Waals surface area contributed by atoms with Crippen molar-refractivity contribution in [3.63, 3.8) is 0 Å². The van der Waals surface area contributed by atoms with E-state index in [4.69, 9.17) is 26.9 Å². The van der Waals surface area contributed by atoms with Crippen molar-refractivity contribution in [1.82, 2.24) is 48.5 Å². The van der Waals surface area contributed by atoms with E-state index in [2.05, 4.69) is 41.0 Å². The number of pyridine rings is 1. The second kappa shape index (κ2) is 17.7. The molecule has 8 rings (SSSR count). The van der Waals surface area contributed by atoms with E-state index in [1.165, 1.54) is 16.9 Å². The lowest BCUT2D eigenvalue weighted by Gasteiger charge is -2.27. The lowest BCUT2D eigenvalue weighted by molar-refractivity contribution is 0.0992. The van der Waals surface area contributed by atoms with Crippen LogP contribution in [-0.2, 0) is 30.9 Å². The largest absolute Gasteiger partial charge is 0.395 e. The Morgan fingerprint density at radius 3 is 2.25 bits per heavy atom. The Bertz CT molecular complexity index is 2760. The molecule has 0 radical (unpaired) electrons. The Morgan fingerprint density at radius 1 is 0.825 bits per heavy atom. The molecule has 21 nitrogen and oxygen atoms in total. The van der Waals surface area contributed by atoms with E-state index in [-0.39, 0.29) is 47.5 Å². The van der Waals surface area contributed by atoms with Gasteiger partial charge in [-0.05, 0) is 71.2 Å². The van der Waals surface area contributed by atoms with Gasteiger partial charge in [-0.2, -0.15) is 10.2 Å². The Morgan fingerprint density at radius 2 is 1.51 bits per heavy atom. The minimum atomic E-state index is -0.676. The minimum absolute atomic E-state index is 0.147. The molecule has 2 bridgehead atoms. The number of nitrogens with two attached hydrogens (primary N) is 3. The molecule has 2 saturated heterocycles. The average molecular weight is 861 g/mol. The number of anilines is 4.